The van der Waals surface area contributed by atoms with Crippen LogP contribution in [0.25, 0.3) is 0 Å². The van der Waals surface area contributed by atoms with Gasteiger partial charge in [0, 0.05) is 19.0 Å². The third-order valence-corrected chi connectivity index (χ3v) is 2.33. The van der Waals surface area contributed by atoms with Crippen LogP contribution < -0.4 is 0 Å². The molecule has 0 N–H and O–H groups in total. The highest BCUT2D eigenvalue weighted by Crippen LogP contribution is 2.12. The molecule has 1 atom stereocenters. The van der Waals surface area contributed by atoms with Crippen LogP contribution in [0.4, 0.5) is 0 Å². The molecular weight excluding hydrogens is 208 g/mol. The predicted octanol–water partition coefficient (Wildman–Crippen LogP) is 0.874. The summed E-state index contributed by atoms with van der Waals surface area (Å²) in [6.45, 7) is 3.23. The molecule has 5 heteroatoms. The minimum atomic E-state index is -0.300. The molecule has 0 bridgehead atoms. The molecule has 1 amide bonds. The second-order valence-corrected chi connectivity index (χ2v) is 3.45. The lowest BCUT2D eigenvalue weighted by Gasteiger charge is -2.13. The van der Waals surface area contributed by atoms with Gasteiger partial charge in [0.2, 0.25) is 0 Å². The molecule has 86 valence electrons. The van der Waals surface area contributed by atoms with Crippen LogP contribution in [0, 0.1) is 0 Å². The topological polar surface area (TPSA) is 51.7 Å². The predicted molar refractivity (Wildman–Crippen MR) is 56.6 cm³/mol. The van der Waals surface area contributed by atoms with Gasteiger partial charge in [-0.1, -0.05) is 0 Å². The zero-order valence-electron chi connectivity index (χ0n) is 9.13. The van der Waals surface area contributed by atoms with E-state index in [1.165, 1.54) is 0 Å². The Morgan fingerprint density at radius 1 is 1.75 bits per heavy atom. The van der Waals surface area contributed by atoms with Gasteiger partial charge < -0.3 is 14.4 Å². The molecule has 1 aromatic rings. The number of hydrogen-bond acceptors (Lipinski definition) is 4. The first-order chi connectivity index (χ1) is 7.81. The van der Waals surface area contributed by atoms with E-state index in [2.05, 4.69) is 4.98 Å². The minimum Gasteiger partial charge on any atom is -0.351 e. The van der Waals surface area contributed by atoms with E-state index in [1.807, 2.05) is 6.92 Å². The lowest BCUT2D eigenvalue weighted by atomic mass is 10.2. The molecule has 0 saturated carbocycles. The van der Waals surface area contributed by atoms with E-state index >= 15 is 0 Å². The van der Waals surface area contributed by atoms with Gasteiger partial charge in [-0.2, -0.15) is 0 Å². The first-order valence-corrected chi connectivity index (χ1v) is 5.23. The normalized spacial score (nSPS) is 20.1. The van der Waals surface area contributed by atoms with Crippen molar-refractivity contribution in [3.05, 3.63) is 30.1 Å². The van der Waals surface area contributed by atoms with Crippen LogP contribution in [0.2, 0.25) is 0 Å². The minimum absolute atomic E-state index is 0.0738. The number of amides is 1. The van der Waals surface area contributed by atoms with E-state index in [0.29, 0.717) is 18.7 Å². The number of nitrogens with zero attached hydrogens (tertiary/aromatic N) is 2. The molecule has 1 saturated heterocycles. The molecule has 16 heavy (non-hydrogen) atoms. The summed E-state index contributed by atoms with van der Waals surface area (Å²) >= 11 is 0. The van der Waals surface area contributed by atoms with Gasteiger partial charge in [0.25, 0.3) is 5.91 Å². The molecule has 1 fully saturated rings. The highest BCUT2D eigenvalue weighted by molar-refractivity contribution is 5.93. The summed E-state index contributed by atoms with van der Waals surface area (Å²) in [6.07, 6.45) is 2.89. The third-order valence-electron chi connectivity index (χ3n) is 2.33. The van der Waals surface area contributed by atoms with Crippen LogP contribution in [0.1, 0.15) is 17.3 Å². The summed E-state index contributed by atoms with van der Waals surface area (Å²) in [7, 11) is 0. The van der Waals surface area contributed by atoms with E-state index in [1.54, 1.807) is 29.4 Å². The maximum absolute atomic E-state index is 11.9. The maximum atomic E-state index is 11.9. The lowest BCUT2D eigenvalue weighted by Crippen LogP contribution is -2.30. The second kappa shape index (κ2) is 5.05. The van der Waals surface area contributed by atoms with Crippen LogP contribution in [0.5, 0.6) is 0 Å². The van der Waals surface area contributed by atoms with Gasteiger partial charge in [-0.25, -0.2) is 0 Å². The highest BCUT2D eigenvalue weighted by Gasteiger charge is 2.27. The van der Waals surface area contributed by atoms with E-state index < -0.39 is 0 Å². The van der Waals surface area contributed by atoms with Crippen molar-refractivity contribution < 1.29 is 14.3 Å². The Morgan fingerprint density at radius 2 is 2.62 bits per heavy atom. The van der Waals surface area contributed by atoms with Crippen LogP contribution in [0.15, 0.2) is 24.5 Å². The van der Waals surface area contributed by atoms with Gasteiger partial charge in [-0.3, -0.25) is 9.78 Å². The number of rotatable bonds is 3. The van der Waals surface area contributed by atoms with Crippen molar-refractivity contribution in [3.8, 4) is 0 Å². The van der Waals surface area contributed by atoms with Gasteiger partial charge in [-0.15, -0.1) is 0 Å². The second-order valence-electron chi connectivity index (χ2n) is 3.45. The van der Waals surface area contributed by atoms with Gasteiger partial charge in [-0.05, 0) is 19.1 Å². The zero-order chi connectivity index (χ0) is 11.4. The number of ether oxygens (including phenoxy) is 2. The Morgan fingerprint density at radius 3 is 3.31 bits per heavy atom. The molecule has 1 unspecified atom stereocenters. The van der Waals surface area contributed by atoms with Crippen LogP contribution >= 0.6 is 0 Å². The molecule has 1 aliphatic heterocycles. The van der Waals surface area contributed by atoms with Crippen molar-refractivity contribution in [1.29, 1.82) is 0 Å². The van der Waals surface area contributed by atoms with Crippen molar-refractivity contribution in [2.24, 2.45) is 0 Å². The molecule has 0 aliphatic carbocycles. The van der Waals surface area contributed by atoms with Crippen molar-refractivity contribution in [2.75, 3.05) is 19.9 Å². The summed E-state index contributed by atoms with van der Waals surface area (Å²) < 4.78 is 10.6. The fourth-order valence-electron chi connectivity index (χ4n) is 1.56. The molecule has 1 aromatic heterocycles. The molecule has 0 spiro atoms. The molecule has 2 heterocycles. The first-order valence-electron chi connectivity index (χ1n) is 5.23. The molecule has 5 nitrogen and oxygen atoms in total. The zero-order valence-corrected chi connectivity index (χ0v) is 9.13. The van der Waals surface area contributed by atoms with Gasteiger partial charge in [0.05, 0.1) is 12.1 Å². The number of carbonyl (C=O) groups is 1. The molecule has 2 rings (SSSR count). The summed E-state index contributed by atoms with van der Waals surface area (Å²) in [6, 6.07) is 3.48. The van der Waals surface area contributed by atoms with Crippen LogP contribution in [-0.2, 0) is 9.47 Å². The monoisotopic (exact) mass is 222 g/mol. The standard InChI is InChI=1S/C11H14N2O3/c1-2-15-10-7-13(8-16-10)11(14)9-4-3-5-12-6-9/h3-6,10H,2,7-8H2,1H3. The third kappa shape index (κ3) is 2.37. The first kappa shape index (κ1) is 11.0. The van der Waals surface area contributed by atoms with Crippen LogP contribution in [0.3, 0.4) is 0 Å². The SMILES string of the molecule is CCOC1CN(C(=O)c2cccnc2)CO1. The summed E-state index contributed by atoms with van der Waals surface area (Å²) in [5, 5.41) is 0. The Bertz CT molecular complexity index is 356. The molecule has 1 aliphatic rings. The van der Waals surface area contributed by atoms with Crippen LogP contribution in [-0.4, -0.2) is 42.0 Å². The van der Waals surface area contributed by atoms with Gasteiger partial charge in [0.15, 0.2) is 6.29 Å². The number of aromatic nitrogens is 1. The van der Waals surface area contributed by atoms with Gasteiger partial charge >= 0.3 is 0 Å². The average molecular weight is 222 g/mol. The fourth-order valence-corrected chi connectivity index (χ4v) is 1.56. The van der Waals surface area contributed by atoms with Gasteiger partial charge in [0.1, 0.15) is 6.73 Å². The number of hydrogen-bond donors (Lipinski definition) is 0. The smallest absolute Gasteiger partial charge is 0.257 e. The molecular formula is C11H14N2O3. The lowest BCUT2D eigenvalue weighted by molar-refractivity contribution is -0.100. The quantitative estimate of drug-likeness (QED) is 0.761. The van der Waals surface area contributed by atoms with Crippen molar-refractivity contribution >= 4 is 5.91 Å². The van der Waals surface area contributed by atoms with E-state index in [9.17, 15) is 4.79 Å². The molecule has 0 aromatic carbocycles. The summed E-state index contributed by atoms with van der Waals surface area (Å²) in [5.41, 5.74) is 0.572. The number of carbonyl (C=O) groups excluding carboxylic acids is 1. The maximum Gasteiger partial charge on any atom is 0.257 e. The largest absolute Gasteiger partial charge is 0.351 e. The highest BCUT2D eigenvalue weighted by atomic mass is 16.7. The molecule has 0 radical (unpaired) electrons. The number of pyridine rings is 1. The van der Waals surface area contributed by atoms with E-state index in [4.69, 9.17) is 9.47 Å². The van der Waals surface area contributed by atoms with E-state index in [-0.39, 0.29) is 18.9 Å². The summed E-state index contributed by atoms with van der Waals surface area (Å²) in [4.78, 5) is 17.5. The fraction of sp³-hybridized carbons (Fsp3) is 0.455. The van der Waals surface area contributed by atoms with Crippen molar-refractivity contribution in [3.63, 3.8) is 0 Å². The van der Waals surface area contributed by atoms with Crippen molar-refractivity contribution in [1.82, 2.24) is 9.88 Å². The van der Waals surface area contributed by atoms with E-state index in [0.717, 1.165) is 0 Å². The van der Waals surface area contributed by atoms with Crippen molar-refractivity contribution in [2.45, 2.75) is 13.2 Å². The Kier molecular flexibility index (Phi) is 3.48. The Hall–Kier alpha value is -1.46. The summed E-state index contributed by atoms with van der Waals surface area (Å²) in [5.74, 6) is -0.0738. The average Bonchev–Trinajstić information content (AvgIpc) is 2.78. The Labute approximate surface area is 94.0 Å². The Balaban J connectivity index is 1.97.